The molecule has 0 amide bonds. The van der Waals surface area contributed by atoms with Gasteiger partial charge in [0.1, 0.15) is 0 Å². The second kappa shape index (κ2) is 8.79. The van der Waals surface area contributed by atoms with Crippen molar-refractivity contribution in [3.8, 4) is 0 Å². The number of halogens is 1. The van der Waals surface area contributed by atoms with E-state index in [2.05, 4.69) is 40.6 Å². The van der Waals surface area contributed by atoms with Gasteiger partial charge in [0.15, 0.2) is 5.96 Å². The molecule has 2 N–H and O–H groups in total. The number of hydrogen-bond acceptors (Lipinski definition) is 4. The van der Waals surface area contributed by atoms with Crippen molar-refractivity contribution in [2.24, 2.45) is 10.7 Å². The molecule has 0 atom stereocenters. The smallest absolute Gasteiger partial charge is 0.191 e. The van der Waals surface area contributed by atoms with E-state index in [0.717, 1.165) is 51.8 Å². The number of rotatable bonds is 3. The highest BCUT2D eigenvalue weighted by Crippen LogP contribution is 2.18. The van der Waals surface area contributed by atoms with Crippen LogP contribution in [0.3, 0.4) is 0 Å². The fraction of sp³-hybridized carbons (Fsp3) is 0.929. The van der Waals surface area contributed by atoms with Gasteiger partial charge in [0.25, 0.3) is 0 Å². The first-order valence-electron chi connectivity index (χ1n) is 7.55. The average molecular weight is 427 g/mol. The van der Waals surface area contributed by atoms with E-state index in [1.54, 1.807) is 0 Å². The van der Waals surface area contributed by atoms with Crippen molar-refractivity contribution in [3.05, 3.63) is 0 Å². The van der Waals surface area contributed by atoms with E-state index in [4.69, 9.17) is 5.73 Å². The Kier molecular flexibility index (Phi) is 8.08. The summed E-state index contributed by atoms with van der Waals surface area (Å²) in [5.41, 5.74) is 6.34. The molecular weight excluding hydrogens is 397 g/mol. The second-order valence-electron chi connectivity index (χ2n) is 6.35. The molecule has 124 valence electrons. The minimum absolute atomic E-state index is 0. The molecule has 2 aliphatic heterocycles. The Balaban J connectivity index is 0.00000220. The topological polar surface area (TPSA) is 48.1 Å². The Morgan fingerprint density at radius 1 is 1.19 bits per heavy atom. The van der Waals surface area contributed by atoms with Gasteiger partial charge >= 0.3 is 0 Å². The first-order chi connectivity index (χ1) is 9.49. The third-order valence-corrected chi connectivity index (χ3v) is 5.36. The summed E-state index contributed by atoms with van der Waals surface area (Å²) in [4.78, 5) is 11.7. The van der Waals surface area contributed by atoms with Crippen LogP contribution in [0.25, 0.3) is 0 Å². The Morgan fingerprint density at radius 3 is 2.48 bits per heavy atom. The monoisotopic (exact) mass is 427 g/mol. The second-order valence-corrected chi connectivity index (χ2v) is 7.57. The summed E-state index contributed by atoms with van der Waals surface area (Å²) >= 11 is 2.00. The average Bonchev–Trinajstić information content (AvgIpc) is 2.43. The number of thioether (sulfide) groups is 1. The van der Waals surface area contributed by atoms with Crippen LogP contribution in [0, 0.1) is 0 Å². The largest absolute Gasteiger partial charge is 0.370 e. The predicted octanol–water partition coefficient (Wildman–Crippen LogP) is 0.994. The molecular formula is C14H30IN5S. The van der Waals surface area contributed by atoms with Crippen LogP contribution >= 0.6 is 35.7 Å². The van der Waals surface area contributed by atoms with Crippen LogP contribution in [0.5, 0.6) is 0 Å². The Hall–Kier alpha value is 0.270. The SMILES string of the molecule is CN1CCN(CCN=C(N)N2CCSCC2)CC1(C)C.I. The first-order valence-corrected chi connectivity index (χ1v) is 8.71. The molecule has 7 heteroatoms. The number of likely N-dealkylation sites (N-methyl/N-ethyl adjacent to an activating group) is 1. The zero-order valence-corrected chi connectivity index (χ0v) is 16.7. The molecule has 2 aliphatic rings. The summed E-state index contributed by atoms with van der Waals surface area (Å²) < 4.78 is 0. The lowest BCUT2D eigenvalue weighted by atomic mass is 10.00. The standard InChI is InChI=1S/C14H29N5S.HI/c1-14(2)12-18(7-6-17(14)3)5-4-16-13(15)19-8-10-20-11-9-19;/h4-12H2,1-3H3,(H2,15,16);1H. The molecule has 0 aromatic rings. The molecule has 2 heterocycles. The van der Waals surface area contributed by atoms with Crippen LogP contribution in [-0.4, -0.2) is 90.6 Å². The number of hydrogen-bond donors (Lipinski definition) is 1. The summed E-state index contributed by atoms with van der Waals surface area (Å²) in [5.74, 6) is 3.07. The molecule has 2 rings (SSSR count). The van der Waals surface area contributed by atoms with Crippen molar-refractivity contribution in [1.82, 2.24) is 14.7 Å². The molecule has 2 fully saturated rings. The van der Waals surface area contributed by atoms with E-state index in [1.807, 2.05) is 11.8 Å². The van der Waals surface area contributed by atoms with Gasteiger partial charge in [0.05, 0.1) is 6.54 Å². The van der Waals surface area contributed by atoms with Crippen LogP contribution in [0.1, 0.15) is 13.8 Å². The quantitative estimate of drug-likeness (QED) is 0.414. The van der Waals surface area contributed by atoms with E-state index < -0.39 is 0 Å². The Morgan fingerprint density at radius 2 is 1.86 bits per heavy atom. The number of aliphatic imine (C=N–C) groups is 1. The van der Waals surface area contributed by atoms with Crippen LogP contribution in [0.2, 0.25) is 0 Å². The van der Waals surface area contributed by atoms with E-state index in [-0.39, 0.29) is 29.5 Å². The molecule has 5 nitrogen and oxygen atoms in total. The van der Waals surface area contributed by atoms with Gasteiger partial charge in [0, 0.05) is 56.3 Å². The van der Waals surface area contributed by atoms with Crippen LogP contribution in [0.15, 0.2) is 4.99 Å². The fourth-order valence-corrected chi connectivity index (χ4v) is 3.63. The van der Waals surface area contributed by atoms with Gasteiger partial charge < -0.3 is 10.6 Å². The van der Waals surface area contributed by atoms with Crippen molar-refractivity contribution in [2.75, 3.05) is 64.4 Å². The highest BCUT2D eigenvalue weighted by molar-refractivity contribution is 14.0. The maximum absolute atomic E-state index is 6.08. The molecule has 0 aromatic carbocycles. The highest BCUT2D eigenvalue weighted by atomic mass is 127. The van der Waals surface area contributed by atoms with Gasteiger partial charge in [-0.3, -0.25) is 14.8 Å². The van der Waals surface area contributed by atoms with Gasteiger partial charge in [-0.2, -0.15) is 11.8 Å². The van der Waals surface area contributed by atoms with Gasteiger partial charge in [-0.15, -0.1) is 24.0 Å². The fourth-order valence-electron chi connectivity index (χ4n) is 2.73. The van der Waals surface area contributed by atoms with Gasteiger partial charge in [-0.05, 0) is 20.9 Å². The lowest BCUT2D eigenvalue weighted by molar-refractivity contribution is 0.0418. The van der Waals surface area contributed by atoms with Crippen LogP contribution < -0.4 is 5.73 Å². The third-order valence-electron chi connectivity index (χ3n) is 4.42. The molecule has 21 heavy (non-hydrogen) atoms. The zero-order valence-electron chi connectivity index (χ0n) is 13.5. The Labute approximate surface area is 150 Å². The summed E-state index contributed by atoms with van der Waals surface area (Å²) in [5, 5.41) is 0. The minimum Gasteiger partial charge on any atom is -0.370 e. The number of nitrogens with two attached hydrogens (primary N) is 1. The van der Waals surface area contributed by atoms with E-state index >= 15 is 0 Å². The molecule has 0 spiro atoms. The minimum atomic E-state index is 0. The van der Waals surface area contributed by atoms with Crippen molar-refractivity contribution in [3.63, 3.8) is 0 Å². The summed E-state index contributed by atoms with van der Waals surface area (Å²) in [6, 6.07) is 0. The normalized spacial score (nSPS) is 24.7. The molecule has 0 unspecified atom stereocenters. The lowest BCUT2D eigenvalue weighted by Crippen LogP contribution is -2.57. The maximum atomic E-state index is 6.08. The van der Waals surface area contributed by atoms with Crippen molar-refractivity contribution >= 4 is 41.7 Å². The van der Waals surface area contributed by atoms with Gasteiger partial charge in [-0.1, -0.05) is 0 Å². The maximum Gasteiger partial charge on any atom is 0.191 e. The van der Waals surface area contributed by atoms with Gasteiger partial charge in [-0.25, -0.2) is 0 Å². The lowest BCUT2D eigenvalue weighted by Gasteiger charge is -2.45. The van der Waals surface area contributed by atoms with Crippen molar-refractivity contribution in [1.29, 1.82) is 0 Å². The van der Waals surface area contributed by atoms with Crippen LogP contribution in [0.4, 0.5) is 0 Å². The summed E-state index contributed by atoms with van der Waals surface area (Å²) in [7, 11) is 2.21. The molecule has 0 saturated carbocycles. The van der Waals surface area contributed by atoms with Crippen molar-refractivity contribution < 1.29 is 0 Å². The predicted molar refractivity (Wildman–Crippen MR) is 104 cm³/mol. The zero-order chi connectivity index (χ0) is 14.6. The summed E-state index contributed by atoms with van der Waals surface area (Å²) in [6.45, 7) is 11.9. The number of nitrogens with zero attached hydrogens (tertiary/aromatic N) is 4. The van der Waals surface area contributed by atoms with E-state index in [0.29, 0.717) is 0 Å². The molecule has 2 saturated heterocycles. The first kappa shape index (κ1) is 19.3. The van der Waals surface area contributed by atoms with E-state index in [9.17, 15) is 0 Å². The number of piperazine rings is 1. The molecule has 0 bridgehead atoms. The molecule has 0 aromatic heterocycles. The Bertz CT molecular complexity index is 344. The number of guanidine groups is 1. The highest BCUT2D eigenvalue weighted by Gasteiger charge is 2.30. The summed E-state index contributed by atoms with van der Waals surface area (Å²) in [6.07, 6.45) is 0. The van der Waals surface area contributed by atoms with Crippen molar-refractivity contribution in [2.45, 2.75) is 19.4 Å². The van der Waals surface area contributed by atoms with E-state index in [1.165, 1.54) is 11.5 Å². The molecule has 0 aliphatic carbocycles. The van der Waals surface area contributed by atoms with Gasteiger partial charge in [0.2, 0.25) is 0 Å². The van der Waals surface area contributed by atoms with Crippen LogP contribution in [-0.2, 0) is 0 Å². The third kappa shape index (κ3) is 5.76. The molecule has 0 radical (unpaired) electrons.